The number of H-pyrrole nitrogens is 1. The predicted molar refractivity (Wildman–Crippen MR) is 60.0 cm³/mol. The molecule has 7 heteroatoms. The number of nitrogens with one attached hydrogen (secondary N) is 2. The normalized spacial score (nSPS) is 12.4. The van der Waals surface area contributed by atoms with Gasteiger partial charge in [-0.15, -0.1) is 0 Å². The number of hydrogen-bond acceptors (Lipinski definition) is 4. The Balaban J connectivity index is 2.49. The fourth-order valence-electron chi connectivity index (χ4n) is 1.29. The van der Waals surface area contributed by atoms with Gasteiger partial charge in [-0.3, -0.25) is 4.79 Å². The molecule has 1 atom stereocenters. The van der Waals surface area contributed by atoms with Crippen molar-refractivity contribution < 1.29 is 9.90 Å². The van der Waals surface area contributed by atoms with Gasteiger partial charge < -0.3 is 21.1 Å². The van der Waals surface area contributed by atoms with E-state index < -0.39 is 0 Å². The zero-order valence-corrected chi connectivity index (χ0v) is 9.50. The Labute approximate surface area is 98.2 Å². The van der Waals surface area contributed by atoms with E-state index in [0.29, 0.717) is 17.3 Å². The lowest BCUT2D eigenvalue weighted by Gasteiger charge is -2.15. The van der Waals surface area contributed by atoms with Crippen LogP contribution < -0.4 is 11.1 Å². The number of aromatic nitrogens is 2. The number of nitrogens with zero attached hydrogens (tertiary/aromatic N) is 1. The highest BCUT2D eigenvalue weighted by Gasteiger charge is 2.14. The van der Waals surface area contributed by atoms with Crippen LogP contribution in [0.2, 0.25) is 5.15 Å². The summed E-state index contributed by atoms with van der Waals surface area (Å²) in [7, 11) is 0. The molecule has 1 rings (SSSR count). The van der Waals surface area contributed by atoms with Gasteiger partial charge in [0.25, 0.3) is 0 Å². The van der Waals surface area contributed by atoms with Crippen molar-refractivity contribution in [1.82, 2.24) is 15.3 Å². The number of hydrogen-bond donors (Lipinski definition) is 4. The Morgan fingerprint density at radius 2 is 2.50 bits per heavy atom. The highest BCUT2D eigenvalue weighted by molar-refractivity contribution is 6.30. The molecule has 1 aromatic rings. The number of aliphatic hydroxyl groups is 1. The van der Waals surface area contributed by atoms with Crippen molar-refractivity contribution in [2.45, 2.75) is 18.9 Å². The van der Waals surface area contributed by atoms with Crippen molar-refractivity contribution in [2.24, 2.45) is 5.73 Å². The Bertz CT molecular complexity index is 342. The predicted octanol–water partition coefficient (Wildman–Crippen LogP) is -0.568. The lowest BCUT2D eigenvalue weighted by atomic mass is 10.1. The first-order chi connectivity index (χ1) is 7.67. The maximum atomic E-state index is 11.3. The molecule has 0 saturated carbocycles. The molecule has 0 unspecified atom stereocenters. The molecule has 0 fully saturated rings. The molecule has 0 radical (unpaired) electrons. The van der Waals surface area contributed by atoms with Crippen molar-refractivity contribution in [1.29, 1.82) is 0 Å². The minimum Gasteiger partial charge on any atom is -0.394 e. The van der Waals surface area contributed by atoms with Gasteiger partial charge in [0.05, 0.1) is 24.7 Å². The molecule has 0 aliphatic carbocycles. The standard InChI is InChI=1S/C9H15ClN4O2/c10-9-7(12-5-13-9)3-6(4-15)14-8(16)1-2-11/h5-6,15H,1-4,11H2,(H,12,13)(H,14,16)/t6-/m0/s1. The zero-order chi connectivity index (χ0) is 12.0. The fraction of sp³-hybridized carbons (Fsp3) is 0.556. The quantitative estimate of drug-likeness (QED) is 0.540. The summed E-state index contributed by atoms with van der Waals surface area (Å²) in [5.41, 5.74) is 5.93. The topological polar surface area (TPSA) is 104 Å². The molecule has 6 nitrogen and oxygen atoms in total. The lowest BCUT2D eigenvalue weighted by Crippen LogP contribution is -2.39. The van der Waals surface area contributed by atoms with Crippen molar-refractivity contribution in [3.63, 3.8) is 0 Å². The average Bonchev–Trinajstić information content (AvgIpc) is 2.64. The van der Waals surface area contributed by atoms with Gasteiger partial charge in [0.15, 0.2) is 0 Å². The summed E-state index contributed by atoms with van der Waals surface area (Å²) in [5, 5.41) is 12.1. The summed E-state index contributed by atoms with van der Waals surface area (Å²) in [6.07, 6.45) is 2.12. The molecule has 1 amide bonds. The van der Waals surface area contributed by atoms with E-state index in [2.05, 4.69) is 15.3 Å². The Morgan fingerprint density at radius 1 is 1.75 bits per heavy atom. The van der Waals surface area contributed by atoms with Crippen molar-refractivity contribution in [3.8, 4) is 0 Å². The molecule has 0 aliphatic rings. The molecule has 16 heavy (non-hydrogen) atoms. The smallest absolute Gasteiger partial charge is 0.221 e. The van der Waals surface area contributed by atoms with Gasteiger partial charge in [0.2, 0.25) is 5.91 Å². The minimum atomic E-state index is -0.378. The highest BCUT2D eigenvalue weighted by Crippen LogP contribution is 2.11. The second-order valence-electron chi connectivity index (χ2n) is 3.36. The largest absolute Gasteiger partial charge is 0.394 e. The summed E-state index contributed by atoms with van der Waals surface area (Å²) in [6, 6.07) is -0.378. The molecule has 5 N–H and O–H groups in total. The Hall–Kier alpha value is -1.11. The summed E-state index contributed by atoms with van der Waals surface area (Å²) in [4.78, 5) is 17.9. The highest BCUT2D eigenvalue weighted by atomic mass is 35.5. The van der Waals surface area contributed by atoms with Crippen LogP contribution in [0.25, 0.3) is 0 Å². The van der Waals surface area contributed by atoms with Gasteiger partial charge in [-0.2, -0.15) is 0 Å². The Kier molecular flexibility index (Phi) is 5.24. The van der Waals surface area contributed by atoms with Crippen LogP contribution in [0.1, 0.15) is 12.1 Å². The first-order valence-corrected chi connectivity index (χ1v) is 5.33. The number of rotatable bonds is 6. The van der Waals surface area contributed by atoms with Gasteiger partial charge in [0, 0.05) is 19.4 Å². The van der Waals surface area contributed by atoms with Crippen molar-refractivity contribution in [3.05, 3.63) is 17.2 Å². The molecule has 0 bridgehead atoms. The van der Waals surface area contributed by atoms with Gasteiger partial charge in [-0.05, 0) is 0 Å². The molecule has 0 aliphatic heterocycles. The molecule has 0 saturated heterocycles. The minimum absolute atomic E-state index is 0.161. The zero-order valence-electron chi connectivity index (χ0n) is 8.74. The van der Waals surface area contributed by atoms with Crippen LogP contribution >= 0.6 is 11.6 Å². The molecular formula is C9H15ClN4O2. The summed E-state index contributed by atoms with van der Waals surface area (Å²) in [6.45, 7) is 0.125. The number of carbonyl (C=O) groups is 1. The molecule has 0 aromatic carbocycles. The van der Waals surface area contributed by atoms with E-state index in [-0.39, 0.29) is 31.5 Å². The number of amides is 1. The van der Waals surface area contributed by atoms with E-state index in [1.54, 1.807) is 0 Å². The first kappa shape index (κ1) is 13.0. The second kappa shape index (κ2) is 6.47. The van der Waals surface area contributed by atoms with Gasteiger partial charge >= 0.3 is 0 Å². The van der Waals surface area contributed by atoms with Gasteiger partial charge in [0.1, 0.15) is 5.15 Å². The number of imidazole rings is 1. The van der Waals surface area contributed by atoms with Crippen LogP contribution in [0.15, 0.2) is 6.33 Å². The molecule has 1 aromatic heterocycles. The maximum Gasteiger partial charge on any atom is 0.221 e. The van der Waals surface area contributed by atoms with E-state index in [0.717, 1.165) is 0 Å². The monoisotopic (exact) mass is 246 g/mol. The molecule has 0 spiro atoms. The van der Waals surface area contributed by atoms with Gasteiger partial charge in [-0.25, -0.2) is 4.98 Å². The maximum absolute atomic E-state index is 11.3. The number of halogens is 1. The van der Waals surface area contributed by atoms with Crippen molar-refractivity contribution >= 4 is 17.5 Å². The third kappa shape index (κ3) is 3.80. The number of carbonyl (C=O) groups excluding carboxylic acids is 1. The van der Waals surface area contributed by atoms with Crippen LogP contribution in [0.5, 0.6) is 0 Å². The van der Waals surface area contributed by atoms with Crippen LogP contribution in [-0.4, -0.2) is 40.2 Å². The van der Waals surface area contributed by atoms with E-state index in [1.165, 1.54) is 6.33 Å². The number of aliphatic hydroxyl groups excluding tert-OH is 1. The second-order valence-corrected chi connectivity index (χ2v) is 3.72. The van der Waals surface area contributed by atoms with Crippen LogP contribution in [0, 0.1) is 0 Å². The number of nitrogens with two attached hydrogens (primary N) is 1. The van der Waals surface area contributed by atoms with E-state index in [4.69, 9.17) is 22.4 Å². The third-order valence-corrected chi connectivity index (χ3v) is 2.40. The van der Waals surface area contributed by atoms with E-state index in [1.807, 2.05) is 0 Å². The van der Waals surface area contributed by atoms with Crippen LogP contribution in [-0.2, 0) is 11.2 Å². The summed E-state index contributed by atoms with van der Waals surface area (Å²) >= 11 is 5.78. The average molecular weight is 247 g/mol. The van der Waals surface area contributed by atoms with Crippen LogP contribution in [0.4, 0.5) is 0 Å². The lowest BCUT2D eigenvalue weighted by molar-refractivity contribution is -0.121. The van der Waals surface area contributed by atoms with Crippen LogP contribution in [0.3, 0.4) is 0 Å². The summed E-state index contributed by atoms with van der Waals surface area (Å²) in [5.74, 6) is -0.183. The summed E-state index contributed by atoms with van der Waals surface area (Å²) < 4.78 is 0. The SMILES string of the molecule is NCCC(=O)N[C@H](CO)Cc1[nH]cnc1Cl. The number of aromatic amines is 1. The third-order valence-electron chi connectivity index (χ3n) is 2.07. The molecule has 90 valence electrons. The fourth-order valence-corrected chi connectivity index (χ4v) is 1.47. The molecule has 1 heterocycles. The van der Waals surface area contributed by atoms with E-state index >= 15 is 0 Å². The van der Waals surface area contributed by atoms with E-state index in [9.17, 15) is 4.79 Å². The van der Waals surface area contributed by atoms with Gasteiger partial charge in [-0.1, -0.05) is 11.6 Å². The van der Waals surface area contributed by atoms with Crippen molar-refractivity contribution in [2.75, 3.05) is 13.2 Å². The first-order valence-electron chi connectivity index (χ1n) is 4.95. The Morgan fingerprint density at radius 3 is 3.00 bits per heavy atom. The molecular weight excluding hydrogens is 232 g/mol.